The van der Waals surface area contributed by atoms with Crippen molar-refractivity contribution in [2.75, 3.05) is 5.75 Å². The van der Waals surface area contributed by atoms with Gasteiger partial charge in [0.15, 0.2) is 0 Å². The highest BCUT2D eigenvalue weighted by Crippen LogP contribution is 2.31. The third kappa shape index (κ3) is 5.27. The molecule has 1 aliphatic heterocycles. The summed E-state index contributed by atoms with van der Waals surface area (Å²) in [5, 5.41) is 5.34. The van der Waals surface area contributed by atoms with Gasteiger partial charge in [0.05, 0.1) is 0 Å². The molecule has 0 amide bonds. The van der Waals surface area contributed by atoms with Gasteiger partial charge in [0.25, 0.3) is 0 Å². The van der Waals surface area contributed by atoms with Crippen LogP contribution in [0.15, 0.2) is 23.4 Å². The largest absolute Gasteiger partial charge is 0.389 e. The van der Waals surface area contributed by atoms with Crippen molar-refractivity contribution in [3.8, 4) is 0 Å². The van der Waals surface area contributed by atoms with E-state index in [2.05, 4.69) is 78.7 Å². The van der Waals surface area contributed by atoms with Gasteiger partial charge in [0.1, 0.15) is 10.6 Å². The van der Waals surface area contributed by atoms with Crippen LogP contribution < -0.4 is 0 Å². The van der Waals surface area contributed by atoms with E-state index in [0.29, 0.717) is 0 Å². The van der Waals surface area contributed by atoms with Crippen molar-refractivity contribution in [3.63, 3.8) is 0 Å². The summed E-state index contributed by atoms with van der Waals surface area (Å²) in [7, 11) is 0. The second kappa shape index (κ2) is 6.74. The average molecular weight is 348 g/mol. The number of thioether (sulfide) groups is 1. The number of hydrogen-bond donors (Lipinski definition) is 0. The van der Waals surface area contributed by atoms with Crippen LogP contribution in [0.1, 0.15) is 78.5 Å². The molecule has 0 bridgehead atoms. The van der Waals surface area contributed by atoms with Gasteiger partial charge >= 0.3 is 0 Å². The molecule has 0 spiro atoms. The number of hydrogen-bond acceptors (Lipinski definition) is 3. The summed E-state index contributed by atoms with van der Waals surface area (Å²) in [6.45, 7) is 17.9. The van der Waals surface area contributed by atoms with Gasteiger partial charge in [0.2, 0.25) is 0 Å². The van der Waals surface area contributed by atoms with Crippen LogP contribution >= 0.6 is 11.8 Å². The normalized spacial score (nSPS) is 17.6. The lowest BCUT2D eigenvalue weighted by Gasteiger charge is -2.26. The van der Waals surface area contributed by atoms with Crippen LogP contribution in [0.5, 0.6) is 0 Å². The maximum absolute atomic E-state index is 5.45. The quantitative estimate of drug-likeness (QED) is 0.662. The van der Waals surface area contributed by atoms with E-state index in [9.17, 15) is 0 Å². The number of nitrogens with zero attached hydrogens (tertiary/aromatic N) is 1. The predicted octanol–water partition coefficient (Wildman–Crippen LogP) is 6.07. The molecule has 24 heavy (non-hydrogen) atoms. The van der Waals surface area contributed by atoms with Crippen molar-refractivity contribution >= 4 is 16.8 Å². The Bertz CT molecular complexity index is 585. The lowest BCUT2D eigenvalue weighted by Crippen LogP contribution is -2.18. The maximum Gasteiger partial charge on any atom is 0.138 e. The first kappa shape index (κ1) is 19.4. The molecule has 0 unspecified atom stereocenters. The van der Waals surface area contributed by atoms with Crippen molar-refractivity contribution in [3.05, 3.63) is 34.9 Å². The van der Waals surface area contributed by atoms with Gasteiger partial charge in [-0.3, -0.25) is 0 Å². The highest BCUT2D eigenvalue weighted by Gasteiger charge is 2.29. The van der Waals surface area contributed by atoms with Gasteiger partial charge in [-0.1, -0.05) is 64.9 Å². The minimum absolute atomic E-state index is 0.131. The number of rotatable bonds is 3. The monoisotopic (exact) mass is 347 g/mol. The van der Waals surface area contributed by atoms with Gasteiger partial charge in [-0.15, -0.1) is 11.8 Å². The Labute approximate surface area is 152 Å². The van der Waals surface area contributed by atoms with Crippen molar-refractivity contribution in [1.29, 1.82) is 0 Å². The second-order valence-corrected chi connectivity index (χ2v) is 10.7. The zero-order valence-electron chi connectivity index (χ0n) is 16.6. The standard InChI is InChI=1S/C21H33NOS/c1-19(2,3)16-11-15(12-17(13-16)20(4,5)6)9-10-24-18-14-21(7,8)23-22-18/h11-13H,9-10,14H2,1-8H3. The first-order chi connectivity index (χ1) is 10.9. The molecule has 0 atom stereocenters. The SMILES string of the molecule is CC1(C)CC(SCCc2cc(C(C)(C)C)cc(C(C)(C)C)c2)=NO1. The van der Waals surface area contributed by atoms with Crippen LogP contribution in [0.2, 0.25) is 0 Å². The molecule has 3 heteroatoms. The smallest absolute Gasteiger partial charge is 0.138 e. The Morgan fingerprint density at radius 1 is 1.00 bits per heavy atom. The molecule has 1 aromatic rings. The van der Waals surface area contributed by atoms with Crippen molar-refractivity contribution in [1.82, 2.24) is 0 Å². The van der Waals surface area contributed by atoms with E-state index in [1.807, 2.05) is 11.8 Å². The van der Waals surface area contributed by atoms with Gasteiger partial charge < -0.3 is 4.84 Å². The predicted molar refractivity (Wildman–Crippen MR) is 107 cm³/mol. The maximum atomic E-state index is 5.45. The minimum atomic E-state index is -0.131. The summed E-state index contributed by atoms with van der Waals surface area (Å²) in [6, 6.07) is 7.15. The van der Waals surface area contributed by atoms with Crippen LogP contribution in [0, 0.1) is 0 Å². The summed E-state index contributed by atoms with van der Waals surface area (Å²) in [5.41, 5.74) is 4.51. The Morgan fingerprint density at radius 2 is 1.54 bits per heavy atom. The topological polar surface area (TPSA) is 21.6 Å². The molecule has 0 saturated heterocycles. The van der Waals surface area contributed by atoms with Crippen LogP contribution in [0.25, 0.3) is 0 Å². The molecule has 0 fully saturated rings. The van der Waals surface area contributed by atoms with Gasteiger partial charge in [-0.25, -0.2) is 0 Å². The first-order valence-electron chi connectivity index (χ1n) is 8.90. The van der Waals surface area contributed by atoms with E-state index in [1.165, 1.54) is 16.7 Å². The van der Waals surface area contributed by atoms with Crippen molar-refractivity contribution in [2.24, 2.45) is 5.16 Å². The fourth-order valence-corrected chi connectivity index (χ4v) is 3.78. The number of aryl methyl sites for hydroxylation is 1. The lowest BCUT2D eigenvalue weighted by atomic mass is 9.79. The molecule has 0 aliphatic carbocycles. The summed E-state index contributed by atoms with van der Waals surface area (Å²) in [4.78, 5) is 5.45. The third-order valence-corrected chi connectivity index (χ3v) is 5.32. The number of oxime groups is 1. The highest BCUT2D eigenvalue weighted by atomic mass is 32.2. The molecule has 1 aliphatic rings. The molecule has 0 saturated carbocycles. The van der Waals surface area contributed by atoms with E-state index in [1.54, 1.807) is 0 Å². The number of benzene rings is 1. The summed E-state index contributed by atoms with van der Waals surface area (Å²) in [5.74, 6) is 1.05. The Hall–Kier alpha value is -0.960. The van der Waals surface area contributed by atoms with Crippen LogP contribution in [0.4, 0.5) is 0 Å². The molecule has 1 aromatic carbocycles. The fraction of sp³-hybridized carbons (Fsp3) is 0.667. The molecule has 134 valence electrons. The molecule has 2 rings (SSSR count). The Balaban J connectivity index is 2.09. The van der Waals surface area contributed by atoms with Crippen LogP contribution in [-0.4, -0.2) is 16.4 Å². The Kier molecular flexibility index (Phi) is 5.44. The summed E-state index contributed by atoms with van der Waals surface area (Å²) >= 11 is 1.83. The molecule has 1 heterocycles. The van der Waals surface area contributed by atoms with Crippen LogP contribution in [-0.2, 0) is 22.1 Å². The molecule has 0 aromatic heterocycles. The molecule has 0 radical (unpaired) electrons. The van der Waals surface area contributed by atoms with Crippen molar-refractivity contribution < 1.29 is 4.84 Å². The minimum Gasteiger partial charge on any atom is -0.389 e. The van der Waals surface area contributed by atoms with E-state index < -0.39 is 0 Å². The molecular weight excluding hydrogens is 314 g/mol. The zero-order chi connectivity index (χ0) is 18.2. The first-order valence-corrected chi connectivity index (χ1v) is 9.88. The van der Waals surface area contributed by atoms with Gasteiger partial charge in [0, 0.05) is 12.2 Å². The molecular formula is C21H33NOS. The third-order valence-electron chi connectivity index (χ3n) is 4.36. The zero-order valence-corrected chi connectivity index (χ0v) is 17.4. The van der Waals surface area contributed by atoms with E-state index >= 15 is 0 Å². The molecule has 2 nitrogen and oxygen atoms in total. The second-order valence-electron chi connectivity index (χ2n) is 9.53. The van der Waals surface area contributed by atoms with Gasteiger partial charge in [-0.05, 0) is 47.8 Å². The molecule has 0 N–H and O–H groups in total. The van der Waals surface area contributed by atoms with E-state index in [4.69, 9.17) is 4.84 Å². The van der Waals surface area contributed by atoms with Crippen LogP contribution in [0.3, 0.4) is 0 Å². The summed E-state index contributed by atoms with van der Waals surface area (Å²) < 4.78 is 0. The Morgan fingerprint density at radius 3 is 1.96 bits per heavy atom. The van der Waals surface area contributed by atoms with E-state index in [0.717, 1.165) is 23.6 Å². The van der Waals surface area contributed by atoms with E-state index in [-0.39, 0.29) is 16.4 Å². The average Bonchev–Trinajstić information content (AvgIpc) is 2.76. The van der Waals surface area contributed by atoms with Gasteiger partial charge in [-0.2, -0.15) is 0 Å². The highest BCUT2D eigenvalue weighted by molar-refractivity contribution is 8.13. The fourth-order valence-electron chi connectivity index (χ4n) is 2.67. The summed E-state index contributed by atoms with van der Waals surface area (Å²) in [6.07, 6.45) is 1.99. The lowest BCUT2D eigenvalue weighted by molar-refractivity contribution is 0.0123. The van der Waals surface area contributed by atoms with Crippen molar-refractivity contribution in [2.45, 2.75) is 84.7 Å².